The molecule has 0 spiro atoms. The average Bonchev–Trinajstić information content (AvgIpc) is 2.74. The summed E-state index contributed by atoms with van der Waals surface area (Å²) in [6.45, 7) is 0. The molecule has 4 amide bonds. The maximum atomic E-state index is 12.6. The van der Waals surface area contributed by atoms with Crippen LogP contribution in [0.25, 0.3) is 0 Å². The van der Waals surface area contributed by atoms with Crippen molar-refractivity contribution in [3.8, 4) is 0 Å². The molecular weight excluding hydrogens is 262 g/mol. The lowest BCUT2D eigenvalue weighted by Gasteiger charge is -2.27. The van der Waals surface area contributed by atoms with E-state index in [9.17, 15) is 19.2 Å². The van der Waals surface area contributed by atoms with E-state index < -0.39 is 77.4 Å². The molecule has 2 aliphatic rings. The van der Waals surface area contributed by atoms with Crippen LogP contribution < -0.4 is 11.1 Å². The van der Waals surface area contributed by atoms with Crippen molar-refractivity contribution in [2.75, 3.05) is 5.73 Å². The van der Waals surface area contributed by atoms with E-state index in [4.69, 9.17) is 12.6 Å². The molecule has 20 heavy (non-hydrogen) atoms. The number of anilines is 1. The molecule has 1 aromatic rings. The minimum atomic E-state index is -2.52. The van der Waals surface area contributed by atoms with Crippen LogP contribution >= 0.6 is 0 Å². The van der Waals surface area contributed by atoms with E-state index in [1.165, 1.54) is 0 Å². The molecule has 102 valence electrons. The Hall–Kier alpha value is -2.70. The summed E-state index contributed by atoms with van der Waals surface area (Å²) in [6, 6.07) is -3.91. The van der Waals surface area contributed by atoms with Gasteiger partial charge in [0, 0.05) is 14.8 Å². The highest BCUT2D eigenvalue weighted by molar-refractivity contribution is 6.25. The quantitative estimate of drug-likeness (QED) is 0.540. The monoisotopic (exact) mass is 278 g/mol. The van der Waals surface area contributed by atoms with Crippen molar-refractivity contribution in [1.82, 2.24) is 10.2 Å². The number of hydrogen-bond donors (Lipinski definition) is 2. The van der Waals surface area contributed by atoms with Crippen molar-refractivity contribution in [2.45, 2.75) is 18.8 Å². The molecule has 2 heterocycles. The van der Waals surface area contributed by atoms with Gasteiger partial charge in [-0.3, -0.25) is 29.4 Å². The lowest BCUT2D eigenvalue weighted by molar-refractivity contribution is -0.136. The predicted molar refractivity (Wildman–Crippen MR) is 67.5 cm³/mol. The van der Waals surface area contributed by atoms with Gasteiger partial charge in [0.05, 0.1) is 15.2 Å². The van der Waals surface area contributed by atoms with Crippen molar-refractivity contribution < 1.29 is 26.0 Å². The van der Waals surface area contributed by atoms with Crippen molar-refractivity contribution in [2.24, 2.45) is 0 Å². The second kappa shape index (κ2) is 4.16. The molecular formula is C13H11N3O4. The molecule has 0 bridgehead atoms. The van der Waals surface area contributed by atoms with Gasteiger partial charge in [-0.2, -0.15) is 0 Å². The van der Waals surface area contributed by atoms with Gasteiger partial charge in [0.1, 0.15) is 6.04 Å². The molecule has 0 unspecified atom stereocenters. The normalized spacial score (nSPS) is 28.1. The van der Waals surface area contributed by atoms with Gasteiger partial charge < -0.3 is 5.73 Å². The molecule has 1 atom stereocenters. The summed E-state index contributed by atoms with van der Waals surface area (Å²) < 4.78 is 38.8. The van der Waals surface area contributed by atoms with Crippen molar-refractivity contribution >= 4 is 29.3 Å². The molecule has 1 fully saturated rings. The molecule has 0 radical (unpaired) electrons. The van der Waals surface area contributed by atoms with Crippen LogP contribution in [0.4, 0.5) is 5.69 Å². The van der Waals surface area contributed by atoms with E-state index in [2.05, 4.69) is 0 Å². The van der Waals surface area contributed by atoms with Gasteiger partial charge in [0.2, 0.25) is 11.8 Å². The zero-order valence-electron chi connectivity index (χ0n) is 14.9. The third-order valence-corrected chi connectivity index (χ3v) is 2.99. The van der Waals surface area contributed by atoms with E-state index >= 15 is 0 Å². The Balaban J connectivity index is 2.19. The number of nitrogen functional groups attached to an aromatic ring is 1. The number of carbonyl (C=O) groups excluding carboxylic acids is 4. The first-order valence-corrected chi connectivity index (χ1v) is 5.60. The zero-order chi connectivity index (χ0) is 18.8. The first kappa shape index (κ1) is 7.78. The maximum absolute atomic E-state index is 12.6. The number of fused-ring (bicyclic) bond motifs is 1. The van der Waals surface area contributed by atoms with Crippen LogP contribution in [0.5, 0.6) is 0 Å². The summed E-state index contributed by atoms with van der Waals surface area (Å²) >= 11 is 0. The Morgan fingerprint density at radius 1 is 1.30 bits per heavy atom. The highest BCUT2D eigenvalue weighted by Gasteiger charge is 2.45. The fourth-order valence-electron chi connectivity index (χ4n) is 2.11. The Morgan fingerprint density at radius 2 is 2.05 bits per heavy atom. The van der Waals surface area contributed by atoms with Gasteiger partial charge >= 0.3 is 0 Å². The van der Waals surface area contributed by atoms with Crippen LogP contribution in [0, 0.1) is 0 Å². The van der Waals surface area contributed by atoms with Gasteiger partial charge in [-0.25, -0.2) is 0 Å². The number of benzene rings is 1. The summed E-state index contributed by atoms with van der Waals surface area (Å²) in [5.74, 6) is -4.36. The summed E-state index contributed by atoms with van der Waals surface area (Å²) in [6.07, 6.45) is -3.26. The molecule has 7 nitrogen and oxygen atoms in total. The summed E-state index contributed by atoms with van der Waals surface area (Å²) in [5, 5.41) is 1.87. The van der Waals surface area contributed by atoms with E-state index in [-0.39, 0.29) is 0 Å². The molecule has 0 saturated carbocycles. The van der Waals surface area contributed by atoms with Crippen LogP contribution in [-0.4, -0.2) is 34.6 Å². The fourth-order valence-corrected chi connectivity index (χ4v) is 2.11. The Bertz CT molecular complexity index is 838. The largest absolute Gasteiger partial charge is 0.398 e. The first-order chi connectivity index (χ1) is 11.5. The number of rotatable bonds is 1. The van der Waals surface area contributed by atoms with Crippen LogP contribution in [0.1, 0.15) is 40.4 Å². The number of imide groups is 2. The van der Waals surface area contributed by atoms with Gasteiger partial charge in [-0.15, -0.1) is 0 Å². The van der Waals surface area contributed by atoms with Gasteiger partial charge in [-0.05, 0) is 18.5 Å². The number of nitrogens with two attached hydrogens (primary N) is 1. The lowest BCUT2D eigenvalue weighted by atomic mass is 10.0. The maximum Gasteiger partial charge on any atom is 0.264 e. The SMILES string of the molecule is [2H]c1c([2H])c(N)c2c(c1[2H])C(=O)N([C@@H]1C(=O)NC(=O)CC1([2H])[2H])C2=O. The molecule has 1 aromatic carbocycles. The molecule has 3 N–H and O–H groups in total. The van der Waals surface area contributed by atoms with E-state index in [1.54, 1.807) is 0 Å². The van der Waals surface area contributed by atoms with Crippen molar-refractivity contribution in [3.05, 3.63) is 29.3 Å². The van der Waals surface area contributed by atoms with Crippen molar-refractivity contribution in [3.63, 3.8) is 0 Å². The number of amides is 4. The highest BCUT2D eigenvalue weighted by atomic mass is 16.2. The number of carbonyl (C=O) groups is 4. The molecule has 3 rings (SSSR count). The minimum absolute atomic E-state index is 0.305. The number of piperidine rings is 1. The van der Waals surface area contributed by atoms with Crippen LogP contribution in [0.3, 0.4) is 0 Å². The fraction of sp³-hybridized carbons (Fsp3) is 0.231. The molecule has 7 heteroatoms. The molecule has 0 aromatic heterocycles. The molecule has 1 saturated heterocycles. The topological polar surface area (TPSA) is 110 Å². The van der Waals surface area contributed by atoms with Crippen LogP contribution in [0.2, 0.25) is 0 Å². The Labute approximate surface area is 120 Å². The zero-order valence-corrected chi connectivity index (χ0v) is 9.94. The van der Waals surface area contributed by atoms with Crippen molar-refractivity contribution in [1.29, 1.82) is 0 Å². The summed E-state index contributed by atoms with van der Waals surface area (Å²) in [4.78, 5) is 49.0. The molecule has 2 aliphatic heterocycles. The van der Waals surface area contributed by atoms with E-state index in [0.29, 0.717) is 4.90 Å². The average molecular weight is 278 g/mol. The number of nitrogens with one attached hydrogen (secondary N) is 1. The third-order valence-electron chi connectivity index (χ3n) is 2.99. The van der Waals surface area contributed by atoms with Gasteiger partial charge in [-0.1, -0.05) is 6.04 Å². The second-order valence-electron chi connectivity index (χ2n) is 4.21. The minimum Gasteiger partial charge on any atom is -0.398 e. The van der Waals surface area contributed by atoms with Gasteiger partial charge in [0.25, 0.3) is 11.8 Å². The highest BCUT2D eigenvalue weighted by Crippen LogP contribution is 2.30. The summed E-state index contributed by atoms with van der Waals surface area (Å²) in [5.41, 5.74) is 4.08. The van der Waals surface area contributed by atoms with Crippen LogP contribution in [-0.2, 0) is 9.59 Å². The standard InChI is InChI=1S/C13H11N3O4/c14-7-3-1-2-6-10(7)13(20)16(12(6)19)8-4-5-9(17)15-11(8)18/h1-3,8H,4-5,14H2,(H,15,17,18)/t8-/m0/s1/i1D,2D,3D,4D2. The second-order valence-corrected chi connectivity index (χ2v) is 4.21. The third kappa shape index (κ3) is 1.59. The number of nitrogens with zero attached hydrogens (tertiary/aromatic N) is 1. The van der Waals surface area contributed by atoms with E-state index in [0.717, 1.165) is 0 Å². The Kier molecular flexibility index (Phi) is 1.62. The van der Waals surface area contributed by atoms with Crippen LogP contribution in [0.15, 0.2) is 18.1 Å². The van der Waals surface area contributed by atoms with Gasteiger partial charge in [0.15, 0.2) is 0 Å². The lowest BCUT2D eigenvalue weighted by Crippen LogP contribution is -2.54. The Morgan fingerprint density at radius 3 is 2.75 bits per heavy atom. The molecule has 0 aliphatic carbocycles. The van der Waals surface area contributed by atoms with E-state index in [1.807, 2.05) is 5.32 Å². The predicted octanol–water partition coefficient (Wildman–Crippen LogP) is -0.330. The number of hydrogen-bond acceptors (Lipinski definition) is 5. The smallest absolute Gasteiger partial charge is 0.264 e. The first-order valence-electron chi connectivity index (χ1n) is 8.10. The summed E-state index contributed by atoms with van der Waals surface area (Å²) in [7, 11) is 0.